The van der Waals surface area contributed by atoms with Crippen molar-refractivity contribution in [2.75, 3.05) is 0 Å². The average molecular weight is 244 g/mol. The molecule has 17 heavy (non-hydrogen) atoms. The Labute approximate surface area is 104 Å². The van der Waals surface area contributed by atoms with E-state index in [1.165, 1.54) is 5.39 Å². The molecule has 0 aliphatic heterocycles. The molecule has 0 aliphatic carbocycles. The van der Waals surface area contributed by atoms with E-state index in [4.69, 9.17) is 4.18 Å². The van der Waals surface area contributed by atoms with Crippen LogP contribution in [0.1, 0.15) is 6.92 Å². The van der Waals surface area contributed by atoms with Gasteiger partial charge < -0.3 is 4.18 Å². The molecule has 0 bridgehead atoms. The van der Waals surface area contributed by atoms with Gasteiger partial charge in [0.15, 0.2) is 0 Å². The van der Waals surface area contributed by atoms with Crippen LogP contribution in [0.5, 0.6) is 0 Å². The minimum absolute atomic E-state index is 0.386. The molecule has 0 unspecified atom stereocenters. The third kappa shape index (κ3) is 2.88. The van der Waals surface area contributed by atoms with Crippen LogP contribution in [-0.4, -0.2) is 5.97 Å². The second-order valence-corrected chi connectivity index (χ2v) is 4.55. The Morgan fingerprint density at radius 2 is 1.88 bits per heavy atom. The minimum atomic E-state index is -0.386. The van der Waals surface area contributed by atoms with Crippen LogP contribution in [0.4, 0.5) is 0 Å². The molecule has 0 amide bonds. The van der Waals surface area contributed by atoms with Crippen molar-refractivity contribution >= 4 is 28.8 Å². The number of hydrogen-bond acceptors (Lipinski definition) is 3. The van der Waals surface area contributed by atoms with Crippen LogP contribution < -0.4 is 0 Å². The average Bonchev–Trinajstić information content (AvgIpc) is 2.35. The largest absolute Gasteiger partial charge is 0.383 e. The maximum atomic E-state index is 11.2. The lowest BCUT2D eigenvalue weighted by molar-refractivity contribution is -0.128. The van der Waals surface area contributed by atoms with E-state index in [9.17, 15) is 4.79 Å². The van der Waals surface area contributed by atoms with Gasteiger partial charge in [-0.3, -0.25) is 0 Å². The Balaban J connectivity index is 2.14. The van der Waals surface area contributed by atoms with Gasteiger partial charge in [-0.05, 0) is 29.8 Å². The molecule has 2 aromatic rings. The van der Waals surface area contributed by atoms with Crippen molar-refractivity contribution in [2.24, 2.45) is 0 Å². The van der Waals surface area contributed by atoms with Crippen LogP contribution in [0.3, 0.4) is 0 Å². The number of rotatable bonds is 3. The Morgan fingerprint density at radius 1 is 1.18 bits per heavy atom. The van der Waals surface area contributed by atoms with Gasteiger partial charge in [-0.25, -0.2) is 4.79 Å². The maximum absolute atomic E-state index is 11.2. The van der Waals surface area contributed by atoms with Crippen molar-refractivity contribution in [1.82, 2.24) is 0 Å². The zero-order valence-electron chi connectivity index (χ0n) is 9.47. The summed E-state index contributed by atoms with van der Waals surface area (Å²) in [6, 6.07) is 14.0. The van der Waals surface area contributed by atoms with Crippen LogP contribution in [0.25, 0.3) is 10.8 Å². The highest BCUT2D eigenvalue weighted by molar-refractivity contribution is 7.95. The number of carbonyl (C=O) groups is 1. The van der Waals surface area contributed by atoms with Gasteiger partial charge in [0.1, 0.15) is 0 Å². The van der Waals surface area contributed by atoms with Gasteiger partial charge in [0.25, 0.3) is 0 Å². The second kappa shape index (κ2) is 5.06. The smallest absolute Gasteiger partial charge is 0.345 e. The summed E-state index contributed by atoms with van der Waals surface area (Å²) in [5.74, 6) is -0.386. The summed E-state index contributed by atoms with van der Waals surface area (Å²) >= 11 is 1.06. The quantitative estimate of drug-likeness (QED) is 0.603. The van der Waals surface area contributed by atoms with Crippen molar-refractivity contribution in [3.63, 3.8) is 0 Å². The van der Waals surface area contributed by atoms with E-state index in [0.29, 0.717) is 5.57 Å². The number of hydrogen-bond donors (Lipinski definition) is 0. The second-order valence-electron chi connectivity index (χ2n) is 3.74. The molecule has 2 rings (SSSR count). The number of fused-ring (bicyclic) bond motifs is 1. The Bertz CT molecular complexity index is 575. The lowest BCUT2D eigenvalue weighted by Crippen LogP contribution is -1.98. The summed E-state index contributed by atoms with van der Waals surface area (Å²) in [4.78, 5) is 12.1. The van der Waals surface area contributed by atoms with Crippen molar-refractivity contribution in [2.45, 2.75) is 11.8 Å². The highest BCUT2D eigenvalue weighted by Gasteiger charge is 2.05. The number of benzene rings is 2. The lowest BCUT2D eigenvalue weighted by atomic mass is 10.1. The SMILES string of the molecule is C=C(C)C(=O)OSc1ccc2ccccc2c1. The first-order chi connectivity index (χ1) is 8.16. The standard InChI is InChI=1S/C14H12O2S/c1-10(2)14(15)16-17-13-8-7-11-5-3-4-6-12(11)9-13/h3-9H,1H2,2H3. The Kier molecular flexibility index (Phi) is 3.49. The summed E-state index contributed by atoms with van der Waals surface area (Å²) < 4.78 is 5.02. The van der Waals surface area contributed by atoms with Crippen LogP contribution in [0, 0.1) is 0 Å². The van der Waals surface area contributed by atoms with E-state index < -0.39 is 0 Å². The van der Waals surface area contributed by atoms with Crippen LogP contribution in [-0.2, 0) is 8.98 Å². The molecule has 2 aromatic carbocycles. The molecule has 0 radical (unpaired) electrons. The molecule has 0 heterocycles. The normalized spacial score (nSPS) is 10.2. The van der Waals surface area contributed by atoms with E-state index in [1.807, 2.05) is 42.5 Å². The minimum Gasteiger partial charge on any atom is -0.383 e. The van der Waals surface area contributed by atoms with Crippen molar-refractivity contribution in [3.8, 4) is 0 Å². The lowest BCUT2D eigenvalue weighted by Gasteiger charge is -2.03. The molecule has 3 heteroatoms. The molecule has 0 N–H and O–H groups in total. The Morgan fingerprint density at radius 3 is 2.59 bits per heavy atom. The highest BCUT2D eigenvalue weighted by Crippen LogP contribution is 2.24. The molecule has 0 fully saturated rings. The topological polar surface area (TPSA) is 26.3 Å². The van der Waals surface area contributed by atoms with Gasteiger partial charge >= 0.3 is 5.97 Å². The molecule has 0 saturated carbocycles. The molecule has 0 spiro atoms. The van der Waals surface area contributed by atoms with Crippen molar-refractivity contribution < 1.29 is 8.98 Å². The van der Waals surface area contributed by atoms with Crippen molar-refractivity contribution in [1.29, 1.82) is 0 Å². The molecule has 86 valence electrons. The zero-order chi connectivity index (χ0) is 12.3. The van der Waals surface area contributed by atoms with Gasteiger partial charge in [-0.15, -0.1) is 0 Å². The van der Waals surface area contributed by atoms with Crippen LogP contribution in [0.2, 0.25) is 0 Å². The molecule has 0 aromatic heterocycles. The summed E-state index contributed by atoms with van der Waals surface area (Å²) in [5.41, 5.74) is 0.401. The van der Waals surface area contributed by atoms with E-state index in [2.05, 4.69) is 6.58 Å². The van der Waals surface area contributed by atoms with E-state index in [0.717, 1.165) is 22.3 Å². The monoisotopic (exact) mass is 244 g/mol. The van der Waals surface area contributed by atoms with Gasteiger partial charge in [0.2, 0.25) is 0 Å². The fourth-order valence-corrected chi connectivity index (χ4v) is 1.99. The fraction of sp³-hybridized carbons (Fsp3) is 0.0714. The highest BCUT2D eigenvalue weighted by atomic mass is 32.2. The van der Waals surface area contributed by atoms with E-state index in [-0.39, 0.29) is 5.97 Å². The molecule has 0 aliphatic rings. The van der Waals surface area contributed by atoms with Crippen LogP contribution in [0.15, 0.2) is 59.5 Å². The summed E-state index contributed by atoms with van der Waals surface area (Å²) in [7, 11) is 0. The van der Waals surface area contributed by atoms with Gasteiger partial charge in [-0.1, -0.05) is 36.9 Å². The van der Waals surface area contributed by atoms with E-state index >= 15 is 0 Å². The first kappa shape index (κ1) is 11.7. The summed E-state index contributed by atoms with van der Waals surface area (Å²) in [6.07, 6.45) is 0. The van der Waals surface area contributed by atoms with Gasteiger partial charge in [0, 0.05) is 10.5 Å². The molecule has 0 saturated heterocycles. The first-order valence-corrected chi connectivity index (χ1v) is 5.94. The number of carbonyl (C=O) groups excluding carboxylic acids is 1. The summed E-state index contributed by atoms with van der Waals surface area (Å²) in [6.45, 7) is 5.16. The third-order valence-electron chi connectivity index (χ3n) is 2.28. The van der Waals surface area contributed by atoms with Gasteiger partial charge in [-0.2, -0.15) is 0 Å². The third-order valence-corrected chi connectivity index (χ3v) is 2.96. The molecule has 2 nitrogen and oxygen atoms in total. The predicted molar refractivity (Wildman–Crippen MR) is 70.7 cm³/mol. The summed E-state index contributed by atoms with van der Waals surface area (Å²) in [5, 5.41) is 2.30. The van der Waals surface area contributed by atoms with E-state index in [1.54, 1.807) is 6.92 Å². The zero-order valence-corrected chi connectivity index (χ0v) is 10.3. The fourth-order valence-electron chi connectivity index (χ4n) is 1.38. The van der Waals surface area contributed by atoms with Gasteiger partial charge in [0.05, 0.1) is 12.0 Å². The first-order valence-electron chi connectivity index (χ1n) is 5.20. The van der Waals surface area contributed by atoms with Crippen LogP contribution >= 0.6 is 12.0 Å². The molecular weight excluding hydrogens is 232 g/mol. The maximum Gasteiger partial charge on any atom is 0.345 e. The Hall–Kier alpha value is -1.74. The predicted octanol–water partition coefficient (Wildman–Crippen LogP) is 3.97. The molecular formula is C14H12O2S. The molecule has 0 atom stereocenters. The van der Waals surface area contributed by atoms with Crippen molar-refractivity contribution in [3.05, 3.63) is 54.6 Å².